The van der Waals surface area contributed by atoms with Crippen LogP contribution in [0.25, 0.3) is 0 Å². The van der Waals surface area contributed by atoms with E-state index in [0.29, 0.717) is 5.56 Å². The van der Waals surface area contributed by atoms with E-state index in [4.69, 9.17) is 28.4 Å². The second kappa shape index (κ2) is 14.4. The van der Waals surface area contributed by atoms with Crippen molar-refractivity contribution >= 4 is 30.1 Å². The number of ether oxygens (including phenoxy) is 6. The number of rotatable bonds is 8. The molecule has 0 bridgehead atoms. The van der Waals surface area contributed by atoms with Gasteiger partial charge in [0.05, 0.1) is 28.8 Å². The van der Waals surface area contributed by atoms with E-state index in [0.717, 1.165) is 0 Å². The van der Waals surface area contributed by atoms with Crippen LogP contribution < -0.4 is 4.74 Å². The summed E-state index contributed by atoms with van der Waals surface area (Å²) in [6.45, 7) is 19.5. The number of carbonyl (C=O) groups is 4. The topological polar surface area (TPSA) is 156 Å². The molecule has 1 fully saturated rings. The van der Waals surface area contributed by atoms with Crippen LogP contribution in [0.1, 0.15) is 88.6 Å². The summed E-state index contributed by atoms with van der Waals surface area (Å²) in [6, 6.07) is 4.59. The predicted octanol–water partition coefficient (Wildman–Crippen LogP) is 5.01. The summed E-state index contributed by atoms with van der Waals surface area (Å²) >= 11 is 0. The second-order valence-corrected chi connectivity index (χ2v) is 15.5. The largest absolute Gasteiger partial charge is 0.504 e. The lowest BCUT2D eigenvalue weighted by Crippen LogP contribution is -2.63. The summed E-state index contributed by atoms with van der Waals surface area (Å²) in [5.74, 6) is -2.40. The van der Waals surface area contributed by atoms with Crippen LogP contribution in [-0.4, -0.2) is 79.6 Å². The molecule has 0 unspecified atom stereocenters. The van der Waals surface area contributed by atoms with Crippen molar-refractivity contribution in [3.05, 3.63) is 23.8 Å². The van der Waals surface area contributed by atoms with Crippen LogP contribution in [0.4, 0.5) is 0 Å². The molecule has 1 saturated heterocycles. The van der Waals surface area contributed by atoms with E-state index in [-0.39, 0.29) is 11.5 Å². The zero-order chi connectivity index (χ0) is 35.4. The quantitative estimate of drug-likeness (QED) is 0.229. The molecule has 0 aliphatic carbocycles. The lowest BCUT2D eigenvalue weighted by molar-refractivity contribution is -0.258. The molecule has 1 aromatic rings. The fraction of sp³-hybridized carbons (Fsp3) is 0.676. The number of phenols is 1. The Balaban J connectivity index is 2.74. The highest BCUT2D eigenvalue weighted by atomic mass is 16.7. The van der Waals surface area contributed by atoms with Gasteiger partial charge in [-0.15, -0.1) is 0 Å². The molecule has 0 radical (unpaired) electrons. The molecule has 12 heteroatoms. The zero-order valence-electron chi connectivity index (χ0n) is 29.4. The van der Waals surface area contributed by atoms with Gasteiger partial charge in [0.15, 0.2) is 36.0 Å². The van der Waals surface area contributed by atoms with Gasteiger partial charge in [0.1, 0.15) is 12.7 Å². The average molecular weight is 650 g/mol. The molecule has 1 aliphatic heterocycles. The predicted molar refractivity (Wildman–Crippen MR) is 169 cm³/mol. The second-order valence-electron chi connectivity index (χ2n) is 15.5. The van der Waals surface area contributed by atoms with Crippen LogP contribution >= 0.6 is 0 Å². The number of aromatic hydroxyl groups is 1. The number of carbonyl (C=O) groups excluding carboxylic acids is 4. The van der Waals surface area contributed by atoms with E-state index in [9.17, 15) is 24.3 Å². The van der Waals surface area contributed by atoms with Gasteiger partial charge in [0.2, 0.25) is 0 Å². The van der Waals surface area contributed by atoms with Crippen molar-refractivity contribution < 1.29 is 52.7 Å². The van der Waals surface area contributed by atoms with Crippen molar-refractivity contribution in [1.82, 2.24) is 0 Å². The first-order valence-electron chi connectivity index (χ1n) is 15.2. The Morgan fingerprint density at radius 2 is 1.20 bits per heavy atom. The van der Waals surface area contributed by atoms with Gasteiger partial charge in [-0.25, -0.2) is 0 Å². The third-order valence-electron chi connectivity index (χ3n) is 6.74. The van der Waals surface area contributed by atoms with Gasteiger partial charge in [-0.2, -0.15) is 0 Å². The minimum Gasteiger partial charge on any atom is -0.504 e. The van der Waals surface area contributed by atoms with Gasteiger partial charge in [-0.1, -0.05) is 0 Å². The van der Waals surface area contributed by atoms with Crippen LogP contribution in [0, 0.1) is 21.7 Å². The summed E-state index contributed by atoms with van der Waals surface area (Å²) in [6.07, 6.45) is -5.30. The maximum Gasteiger partial charge on any atom is 0.311 e. The third kappa shape index (κ3) is 10.4. The summed E-state index contributed by atoms with van der Waals surface area (Å²) < 4.78 is 34.9. The molecule has 0 amide bonds. The van der Waals surface area contributed by atoms with Gasteiger partial charge in [0, 0.05) is 6.21 Å². The van der Waals surface area contributed by atoms with E-state index >= 15 is 0 Å². The number of methoxy groups -OCH3 is 1. The first kappa shape index (κ1) is 38.5. The molecule has 1 N–H and O–H groups in total. The molecule has 46 heavy (non-hydrogen) atoms. The van der Waals surface area contributed by atoms with Gasteiger partial charge in [-0.05, 0) is 107 Å². The van der Waals surface area contributed by atoms with Crippen molar-refractivity contribution in [2.45, 2.75) is 114 Å². The van der Waals surface area contributed by atoms with Gasteiger partial charge in [0.25, 0.3) is 0 Å². The number of hydrogen-bond acceptors (Lipinski definition) is 12. The summed E-state index contributed by atoms with van der Waals surface area (Å²) in [4.78, 5) is 57.2. The van der Waals surface area contributed by atoms with Crippen LogP contribution in [0.5, 0.6) is 11.5 Å². The Labute approximate surface area is 272 Å². The van der Waals surface area contributed by atoms with Crippen LogP contribution in [0.2, 0.25) is 0 Å². The first-order chi connectivity index (χ1) is 20.9. The Bertz CT molecular complexity index is 1290. The standard InChI is InChI=1S/C34H51NO11/c1-31(2,3)27(37)42-18-22-23(44-28(38)32(4,5)6)24(45-29(39)33(7,8)9)25(46-30(40)34(10,11)12)26(43-22)35-17-19-14-15-21(41-13)20(36)16-19/h14-17,22-26,36H,18H2,1-13H3/t22-,23+,24-,25+,26-/m1/s1. The third-order valence-corrected chi connectivity index (χ3v) is 6.74. The van der Waals surface area contributed by atoms with Crippen LogP contribution in [0.3, 0.4) is 0 Å². The molecule has 12 nitrogen and oxygen atoms in total. The molecule has 0 spiro atoms. The fourth-order valence-corrected chi connectivity index (χ4v) is 3.77. The highest BCUT2D eigenvalue weighted by Crippen LogP contribution is 2.35. The molecule has 258 valence electrons. The molecule has 0 aromatic heterocycles. The van der Waals surface area contributed by atoms with Gasteiger partial charge < -0.3 is 33.5 Å². The molecule has 1 aliphatic rings. The van der Waals surface area contributed by atoms with Crippen molar-refractivity contribution in [1.29, 1.82) is 0 Å². The number of aliphatic imine (C=N–C) groups is 1. The maximum atomic E-state index is 13.4. The fourth-order valence-electron chi connectivity index (χ4n) is 3.77. The van der Waals surface area contributed by atoms with Crippen molar-refractivity contribution in [3.63, 3.8) is 0 Å². The van der Waals surface area contributed by atoms with Gasteiger partial charge in [-0.3, -0.25) is 24.2 Å². The molecule has 5 atom stereocenters. The highest BCUT2D eigenvalue weighted by Gasteiger charge is 2.54. The molecule has 0 saturated carbocycles. The smallest absolute Gasteiger partial charge is 0.311 e. The highest BCUT2D eigenvalue weighted by molar-refractivity contribution is 5.81. The average Bonchev–Trinajstić information content (AvgIpc) is 2.90. The Kier molecular flexibility index (Phi) is 12.1. The van der Waals surface area contributed by atoms with E-state index in [1.54, 1.807) is 95.2 Å². The number of hydrogen-bond donors (Lipinski definition) is 1. The maximum absolute atomic E-state index is 13.4. The SMILES string of the molecule is COc1ccc(C=N[C@@H]2O[C@H](COC(=O)C(C)(C)C)[C@H](OC(=O)C(C)(C)C)[C@@H](OC(=O)C(C)(C)C)[C@@H]2OC(=O)C(C)(C)C)cc1O. The zero-order valence-corrected chi connectivity index (χ0v) is 29.4. The lowest BCUT2D eigenvalue weighted by atomic mass is 9.92. The normalized spacial score (nSPS) is 22.6. The van der Waals surface area contributed by atoms with Crippen molar-refractivity contribution in [2.24, 2.45) is 26.7 Å². The minimum atomic E-state index is -1.41. The Hall–Kier alpha value is -3.67. The summed E-state index contributed by atoms with van der Waals surface area (Å²) in [5.41, 5.74) is -3.37. The van der Waals surface area contributed by atoms with E-state index in [1.807, 2.05) is 0 Å². The van der Waals surface area contributed by atoms with Crippen LogP contribution in [0.15, 0.2) is 23.2 Å². The molecule has 1 aromatic carbocycles. The lowest BCUT2D eigenvalue weighted by Gasteiger charge is -2.45. The minimum absolute atomic E-state index is 0.134. The monoisotopic (exact) mass is 649 g/mol. The van der Waals surface area contributed by atoms with E-state index in [1.165, 1.54) is 19.4 Å². The number of benzene rings is 1. The van der Waals surface area contributed by atoms with Gasteiger partial charge >= 0.3 is 23.9 Å². The first-order valence-corrected chi connectivity index (χ1v) is 15.2. The van der Waals surface area contributed by atoms with E-state index in [2.05, 4.69) is 4.99 Å². The number of phenolic OH excluding ortho intramolecular Hbond substituents is 1. The summed E-state index contributed by atoms with van der Waals surface area (Å²) in [5, 5.41) is 10.3. The van der Waals surface area contributed by atoms with E-state index < -0.39 is 82.8 Å². The van der Waals surface area contributed by atoms with Crippen LogP contribution in [-0.2, 0) is 42.9 Å². The summed E-state index contributed by atoms with van der Waals surface area (Å²) in [7, 11) is 1.42. The number of nitrogens with zero attached hydrogens (tertiary/aromatic N) is 1. The number of esters is 4. The Morgan fingerprint density at radius 1 is 0.739 bits per heavy atom. The van der Waals surface area contributed by atoms with Crippen molar-refractivity contribution in [2.75, 3.05) is 13.7 Å². The molecular formula is C34H51NO11. The molecule has 1 heterocycles. The molecule has 2 rings (SSSR count). The Morgan fingerprint density at radius 3 is 1.63 bits per heavy atom. The van der Waals surface area contributed by atoms with Crippen molar-refractivity contribution in [3.8, 4) is 11.5 Å². The molecular weight excluding hydrogens is 598 g/mol.